The van der Waals surface area contributed by atoms with Crippen molar-refractivity contribution in [3.8, 4) is 11.1 Å². The van der Waals surface area contributed by atoms with Gasteiger partial charge in [0.15, 0.2) is 0 Å². The van der Waals surface area contributed by atoms with Crippen LogP contribution in [0.25, 0.3) is 50.9 Å². The Balaban J connectivity index is 1.92. The Labute approximate surface area is 203 Å². The lowest BCUT2D eigenvalue weighted by Gasteiger charge is -2.14. The van der Waals surface area contributed by atoms with Gasteiger partial charge in [-0.2, -0.15) is 0 Å². The molecule has 0 radical (unpaired) electrons. The van der Waals surface area contributed by atoms with Crippen LogP contribution in [0.15, 0.2) is 103 Å². The molecule has 0 heterocycles. The number of allylic oxidation sites excluding steroid dienone is 6. The van der Waals surface area contributed by atoms with Crippen molar-refractivity contribution in [3.63, 3.8) is 0 Å². The van der Waals surface area contributed by atoms with Gasteiger partial charge in [-0.15, -0.1) is 0 Å². The zero-order valence-electron chi connectivity index (χ0n) is 20.6. The third-order valence-corrected chi connectivity index (χ3v) is 6.45. The number of hydrogen-bond acceptors (Lipinski definition) is 0. The van der Waals surface area contributed by atoms with Crippen molar-refractivity contribution in [2.75, 3.05) is 0 Å². The highest BCUT2D eigenvalue weighted by Crippen LogP contribution is 2.29. The molecule has 0 atom stereocenters. The zero-order chi connectivity index (χ0) is 24.1. The molecule has 0 fully saturated rings. The second-order valence-corrected chi connectivity index (χ2v) is 8.51. The Kier molecular flexibility index (Phi) is 7.09. The summed E-state index contributed by atoms with van der Waals surface area (Å²) >= 11 is 0. The van der Waals surface area contributed by atoms with Crippen LogP contribution in [0, 0.1) is 6.92 Å². The predicted molar refractivity (Wildman–Crippen MR) is 153 cm³/mol. The third-order valence-electron chi connectivity index (χ3n) is 6.45. The number of hydrogen-bond donors (Lipinski definition) is 0. The lowest BCUT2D eigenvalue weighted by Crippen LogP contribution is -2.29. The summed E-state index contributed by atoms with van der Waals surface area (Å²) in [4.78, 5) is 0. The number of aryl methyl sites for hydroxylation is 1. The van der Waals surface area contributed by atoms with Gasteiger partial charge in [-0.05, 0) is 99.6 Å². The monoisotopic (exact) mass is 440 g/mol. The van der Waals surface area contributed by atoms with Crippen molar-refractivity contribution >= 4 is 39.8 Å². The van der Waals surface area contributed by atoms with Crippen LogP contribution in [0.2, 0.25) is 0 Å². The highest BCUT2D eigenvalue weighted by molar-refractivity contribution is 6.01. The van der Waals surface area contributed by atoms with Crippen molar-refractivity contribution in [3.05, 3.63) is 125 Å². The van der Waals surface area contributed by atoms with E-state index in [9.17, 15) is 0 Å². The molecule has 0 spiro atoms. The van der Waals surface area contributed by atoms with Crippen molar-refractivity contribution < 1.29 is 0 Å². The van der Waals surface area contributed by atoms with E-state index < -0.39 is 0 Å². The average molecular weight is 441 g/mol. The van der Waals surface area contributed by atoms with E-state index in [1.165, 1.54) is 59.8 Å². The van der Waals surface area contributed by atoms with Crippen LogP contribution in [0.1, 0.15) is 31.9 Å². The molecule has 0 bridgehead atoms. The van der Waals surface area contributed by atoms with Gasteiger partial charge >= 0.3 is 0 Å². The number of fused-ring (bicyclic) bond motifs is 2. The van der Waals surface area contributed by atoms with Crippen LogP contribution in [-0.4, -0.2) is 0 Å². The van der Waals surface area contributed by atoms with E-state index in [1.54, 1.807) is 0 Å². The van der Waals surface area contributed by atoms with Crippen LogP contribution in [0.5, 0.6) is 0 Å². The summed E-state index contributed by atoms with van der Waals surface area (Å²) in [5, 5.41) is 7.57. The quantitative estimate of drug-likeness (QED) is 0.274. The maximum Gasteiger partial charge on any atom is -0.00265 e. The topological polar surface area (TPSA) is 0 Å². The first kappa shape index (κ1) is 23.3. The summed E-state index contributed by atoms with van der Waals surface area (Å²) in [7, 11) is 0. The Hall–Kier alpha value is -3.90. The minimum Gasteiger partial charge on any atom is -0.0990 e. The van der Waals surface area contributed by atoms with Gasteiger partial charge in [-0.25, -0.2) is 0 Å². The molecule has 34 heavy (non-hydrogen) atoms. The fraction of sp³-hybridized carbons (Fsp3) is 0.118. The van der Waals surface area contributed by atoms with Crippen molar-refractivity contribution in [2.45, 2.75) is 27.7 Å². The SMILES string of the molecule is C=C/C=c1/c(-c2ccc3cc(/C=C/C(/C=C\C)=C/C)ccc3c2)c2ccccc2c(C)/c1=C/C. The maximum absolute atomic E-state index is 4.00. The molecule has 0 saturated heterocycles. The molecule has 0 nitrogen and oxygen atoms in total. The molecule has 0 aliphatic heterocycles. The molecule has 168 valence electrons. The molecule has 4 aromatic rings. The van der Waals surface area contributed by atoms with Crippen LogP contribution in [0.4, 0.5) is 0 Å². The largest absolute Gasteiger partial charge is 0.0990 e. The molecule has 0 heteroatoms. The van der Waals surface area contributed by atoms with Crippen LogP contribution in [-0.2, 0) is 0 Å². The third kappa shape index (κ3) is 4.45. The van der Waals surface area contributed by atoms with Crippen molar-refractivity contribution in [2.24, 2.45) is 0 Å². The fourth-order valence-electron chi connectivity index (χ4n) is 4.79. The Morgan fingerprint density at radius 2 is 1.53 bits per heavy atom. The minimum atomic E-state index is 1.20. The van der Waals surface area contributed by atoms with Crippen LogP contribution >= 0.6 is 0 Å². The average Bonchev–Trinajstić information content (AvgIpc) is 2.87. The second kappa shape index (κ2) is 10.4. The first-order valence-electron chi connectivity index (χ1n) is 11.9. The smallest absolute Gasteiger partial charge is 0.00265 e. The molecule has 0 N–H and O–H groups in total. The van der Waals surface area contributed by atoms with Crippen LogP contribution in [0.3, 0.4) is 0 Å². The molecular weight excluding hydrogens is 408 g/mol. The maximum atomic E-state index is 4.00. The van der Waals surface area contributed by atoms with Gasteiger partial charge in [0, 0.05) is 0 Å². The minimum absolute atomic E-state index is 1.20. The lowest BCUT2D eigenvalue weighted by molar-refractivity contribution is 1.41. The normalized spacial score (nSPS) is 13.7. The number of rotatable bonds is 5. The Bertz CT molecular complexity index is 1590. The van der Waals surface area contributed by atoms with Gasteiger partial charge < -0.3 is 0 Å². The lowest BCUT2D eigenvalue weighted by atomic mass is 9.90. The summed E-state index contributed by atoms with van der Waals surface area (Å²) in [5.74, 6) is 0. The highest BCUT2D eigenvalue weighted by Gasteiger charge is 2.11. The molecule has 0 unspecified atom stereocenters. The highest BCUT2D eigenvalue weighted by atomic mass is 14.1. The molecule has 0 aliphatic rings. The van der Waals surface area contributed by atoms with Gasteiger partial charge in [-0.1, -0.05) is 104 Å². The molecule has 0 aliphatic carbocycles. The van der Waals surface area contributed by atoms with Gasteiger partial charge in [0.1, 0.15) is 0 Å². The first-order chi connectivity index (χ1) is 16.6. The molecule has 4 rings (SSSR count). The van der Waals surface area contributed by atoms with Gasteiger partial charge in [0.2, 0.25) is 0 Å². The van der Waals surface area contributed by atoms with E-state index in [2.05, 4.69) is 131 Å². The van der Waals surface area contributed by atoms with Gasteiger partial charge in [0.05, 0.1) is 0 Å². The van der Waals surface area contributed by atoms with E-state index in [4.69, 9.17) is 0 Å². The first-order valence-corrected chi connectivity index (χ1v) is 11.9. The van der Waals surface area contributed by atoms with Crippen LogP contribution < -0.4 is 10.4 Å². The fourth-order valence-corrected chi connectivity index (χ4v) is 4.79. The van der Waals surface area contributed by atoms with Gasteiger partial charge in [-0.3, -0.25) is 0 Å². The predicted octanol–water partition coefficient (Wildman–Crippen LogP) is 8.27. The number of benzene rings is 4. The summed E-state index contributed by atoms with van der Waals surface area (Å²) in [5.41, 5.74) is 6.22. The Morgan fingerprint density at radius 3 is 2.24 bits per heavy atom. The van der Waals surface area contributed by atoms with E-state index in [0.717, 1.165) is 0 Å². The van der Waals surface area contributed by atoms with Crippen molar-refractivity contribution in [1.29, 1.82) is 0 Å². The molecule has 0 aromatic heterocycles. The second-order valence-electron chi connectivity index (χ2n) is 8.51. The molecule has 0 saturated carbocycles. The van der Waals surface area contributed by atoms with Gasteiger partial charge in [0.25, 0.3) is 0 Å². The zero-order valence-corrected chi connectivity index (χ0v) is 20.6. The molecule has 0 amide bonds. The molecular formula is C34H32. The standard InChI is InChI=1S/C34H32/c1-6-12-25(8-3)16-17-26-18-19-28-23-29(21-20-27(28)22-26)34-32(13-7-2)30(9-4)24(5)31-14-10-11-15-33(31)34/h6-23H,2H2,1,3-5H3/b12-6-,17-16+,25-8+,30-9-,32-13+. The van der Waals surface area contributed by atoms with Crippen molar-refractivity contribution in [1.82, 2.24) is 0 Å². The summed E-state index contributed by atoms with van der Waals surface area (Å²) in [6.07, 6.45) is 16.9. The summed E-state index contributed by atoms with van der Waals surface area (Å²) in [6.45, 7) is 12.4. The summed E-state index contributed by atoms with van der Waals surface area (Å²) < 4.78 is 0. The molecule has 4 aromatic carbocycles. The summed E-state index contributed by atoms with van der Waals surface area (Å²) in [6, 6.07) is 22.2. The van der Waals surface area contributed by atoms with E-state index in [1.807, 2.05) is 13.0 Å². The Morgan fingerprint density at radius 1 is 0.794 bits per heavy atom. The van der Waals surface area contributed by atoms with E-state index in [0.29, 0.717) is 0 Å². The van der Waals surface area contributed by atoms with E-state index in [-0.39, 0.29) is 0 Å². The van der Waals surface area contributed by atoms with E-state index >= 15 is 0 Å².